The van der Waals surface area contributed by atoms with Gasteiger partial charge in [0.15, 0.2) is 17.5 Å². The maximum absolute atomic E-state index is 6.45. The van der Waals surface area contributed by atoms with Gasteiger partial charge in [-0.3, -0.25) is 0 Å². The molecule has 0 saturated heterocycles. The van der Waals surface area contributed by atoms with Crippen LogP contribution in [0.15, 0.2) is 174 Å². The fraction of sp³-hybridized carbons (Fsp3) is 0. The van der Waals surface area contributed by atoms with Crippen molar-refractivity contribution in [1.82, 2.24) is 19.5 Å². The quantitative estimate of drug-likeness (QED) is 0.188. The Morgan fingerprint density at radius 2 is 1.02 bits per heavy atom. The lowest BCUT2D eigenvalue weighted by Gasteiger charge is -2.15. The van der Waals surface area contributed by atoms with E-state index in [9.17, 15) is 0 Å². The van der Waals surface area contributed by atoms with Crippen LogP contribution in [0.3, 0.4) is 0 Å². The van der Waals surface area contributed by atoms with Crippen molar-refractivity contribution in [3.63, 3.8) is 0 Å². The lowest BCUT2D eigenvalue weighted by atomic mass is 10.0. The van der Waals surface area contributed by atoms with E-state index in [0.29, 0.717) is 17.5 Å². The summed E-state index contributed by atoms with van der Waals surface area (Å²) in [5, 5.41) is 9.16. The predicted molar refractivity (Wildman–Crippen MR) is 213 cm³/mol. The normalized spacial score (nSPS) is 11.8. The highest BCUT2D eigenvalue weighted by molar-refractivity contribution is 6.19. The standard InChI is InChI=1S/C47H28N4O/c1-2-14-30(15-3-1)45-48-46(50-47(49-45)39-23-11-21-37-35-18-7-9-26-42(35)52-44(37)39)38-22-10-20-33-32(38)19-12-25-41(33)51-40-24-8-6-17-34(40)36-28-27-29-13-4-5-16-31(29)43(36)51/h1-28H. The Morgan fingerprint density at radius 1 is 0.385 bits per heavy atom. The molecule has 52 heavy (non-hydrogen) atoms. The molecule has 0 N–H and O–H groups in total. The molecule has 0 fully saturated rings. The Morgan fingerprint density at radius 3 is 1.90 bits per heavy atom. The summed E-state index contributed by atoms with van der Waals surface area (Å²) >= 11 is 0. The fourth-order valence-electron chi connectivity index (χ4n) is 7.92. The maximum atomic E-state index is 6.45. The topological polar surface area (TPSA) is 56.7 Å². The third kappa shape index (κ3) is 4.26. The van der Waals surface area contributed by atoms with E-state index in [0.717, 1.165) is 55.1 Å². The highest BCUT2D eigenvalue weighted by atomic mass is 16.3. The SMILES string of the molecule is c1ccc(-c2nc(-c3cccc4c(-n5c6ccccc6c6ccc7ccccc7c65)cccc34)nc(-c3cccc4c3oc3ccccc34)n2)cc1. The summed E-state index contributed by atoms with van der Waals surface area (Å²) in [5.74, 6) is 1.78. The van der Waals surface area contributed by atoms with Crippen molar-refractivity contribution >= 4 is 65.3 Å². The summed E-state index contributed by atoms with van der Waals surface area (Å²) in [5.41, 5.74) is 7.74. The lowest BCUT2D eigenvalue weighted by Crippen LogP contribution is -2.01. The van der Waals surface area contributed by atoms with E-state index >= 15 is 0 Å². The number of fused-ring (bicyclic) bond motifs is 9. The molecule has 5 heteroatoms. The van der Waals surface area contributed by atoms with Gasteiger partial charge in [0, 0.05) is 43.4 Å². The number of hydrogen-bond acceptors (Lipinski definition) is 4. The van der Waals surface area contributed by atoms with E-state index in [1.165, 1.54) is 32.6 Å². The Balaban J connectivity index is 1.18. The van der Waals surface area contributed by atoms with Crippen molar-refractivity contribution in [3.8, 4) is 39.9 Å². The number of benzene rings is 8. The predicted octanol–water partition coefficient (Wildman–Crippen LogP) is 12.2. The molecule has 0 spiro atoms. The Hall–Kier alpha value is -7.11. The second-order valence-electron chi connectivity index (χ2n) is 13.2. The zero-order valence-corrected chi connectivity index (χ0v) is 27.9. The van der Waals surface area contributed by atoms with Crippen molar-refractivity contribution in [3.05, 3.63) is 170 Å². The molecule has 0 bridgehead atoms. The molecule has 0 aliphatic rings. The number of rotatable bonds is 4. The van der Waals surface area contributed by atoms with Crippen molar-refractivity contribution in [2.45, 2.75) is 0 Å². The van der Waals surface area contributed by atoms with Crippen LogP contribution in [0, 0.1) is 0 Å². The van der Waals surface area contributed by atoms with Crippen LogP contribution in [0.1, 0.15) is 0 Å². The van der Waals surface area contributed by atoms with Gasteiger partial charge in [-0.1, -0.05) is 146 Å². The van der Waals surface area contributed by atoms with Crippen LogP contribution in [0.5, 0.6) is 0 Å². The Labute approximate surface area is 298 Å². The van der Waals surface area contributed by atoms with Crippen molar-refractivity contribution in [2.75, 3.05) is 0 Å². The lowest BCUT2D eigenvalue weighted by molar-refractivity contribution is 0.669. The van der Waals surface area contributed by atoms with Gasteiger partial charge in [0.2, 0.25) is 0 Å². The average molecular weight is 665 g/mol. The summed E-state index contributed by atoms with van der Waals surface area (Å²) in [7, 11) is 0. The summed E-state index contributed by atoms with van der Waals surface area (Å²) < 4.78 is 8.88. The average Bonchev–Trinajstić information content (AvgIpc) is 3.77. The molecule has 8 aromatic carbocycles. The highest BCUT2D eigenvalue weighted by Gasteiger charge is 2.20. The molecule has 0 saturated carbocycles. The minimum Gasteiger partial charge on any atom is -0.455 e. The third-order valence-corrected chi connectivity index (χ3v) is 10.3. The van der Waals surface area contributed by atoms with Crippen LogP contribution >= 0.6 is 0 Å². The second-order valence-corrected chi connectivity index (χ2v) is 13.2. The smallest absolute Gasteiger partial charge is 0.167 e. The summed E-state index contributed by atoms with van der Waals surface area (Å²) in [6.07, 6.45) is 0. The van der Waals surface area contributed by atoms with Gasteiger partial charge >= 0.3 is 0 Å². The summed E-state index contributed by atoms with van der Waals surface area (Å²) in [4.78, 5) is 15.4. The fourth-order valence-corrected chi connectivity index (χ4v) is 7.92. The summed E-state index contributed by atoms with van der Waals surface area (Å²) in [6.45, 7) is 0. The van der Waals surface area contributed by atoms with Gasteiger partial charge in [-0.05, 0) is 35.0 Å². The monoisotopic (exact) mass is 664 g/mol. The van der Waals surface area contributed by atoms with E-state index < -0.39 is 0 Å². The van der Waals surface area contributed by atoms with Crippen molar-refractivity contribution < 1.29 is 4.42 Å². The Kier molecular flexibility index (Phi) is 6.18. The zero-order chi connectivity index (χ0) is 34.2. The number of furan rings is 1. The largest absolute Gasteiger partial charge is 0.455 e. The molecule has 0 radical (unpaired) electrons. The molecule has 0 amide bonds. The number of hydrogen-bond donors (Lipinski definition) is 0. The molecular weight excluding hydrogens is 637 g/mol. The number of nitrogens with zero attached hydrogens (tertiary/aromatic N) is 4. The molecule has 11 aromatic rings. The van der Waals surface area contributed by atoms with Gasteiger partial charge < -0.3 is 8.98 Å². The molecule has 242 valence electrons. The molecule has 0 atom stereocenters. The van der Waals surface area contributed by atoms with Crippen molar-refractivity contribution in [2.24, 2.45) is 0 Å². The van der Waals surface area contributed by atoms with Gasteiger partial charge in [0.1, 0.15) is 11.2 Å². The van der Waals surface area contributed by atoms with E-state index in [-0.39, 0.29) is 0 Å². The van der Waals surface area contributed by atoms with Crippen LogP contribution in [0.2, 0.25) is 0 Å². The first-order valence-electron chi connectivity index (χ1n) is 17.5. The van der Waals surface area contributed by atoms with E-state index in [1.54, 1.807) is 0 Å². The minimum atomic E-state index is 0.565. The van der Waals surface area contributed by atoms with Crippen LogP contribution in [-0.4, -0.2) is 19.5 Å². The van der Waals surface area contributed by atoms with E-state index in [2.05, 4.69) is 114 Å². The molecule has 11 rings (SSSR count). The first kappa shape index (κ1) is 28.7. The second kappa shape index (κ2) is 11.2. The van der Waals surface area contributed by atoms with Gasteiger partial charge in [-0.25, -0.2) is 15.0 Å². The molecule has 3 aromatic heterocycles. The number of para-hydroxylation sites is 3. The molecule has 0 aliphatic carbocycles. The molecule has 0 aliphatic heterocycles. The molecule has 0 unspecified atom stereocenters. The van der Waals surface area contributed by atoms with Gasteiger partial charge in [0.25, 0.3) is 0 Å². The van der Waals surface area contributed by atoms with Crippen LogP contribution < -0.4 is 0 Å². The minimum absolute atomic E-state index is 0.565. The first-order valence-corrected chi connectivity index (χ1v) is 17.5. The molecular formula is C47H28N4O. The van der Waals surface area contributed by atoms with Crippen LogP contribution in [0.25, 0.3) is 105 Å². The van der Waals surface area contributed by atoms with E-state index in [4.69, 9.17) is 19.4 Å². The van der Waals surface area contributed by atoms with Crippen molar-refractivity contribution in [1.29, 1.82) is 0 Å². The van der Waals surface area contributed by atoms with Gasteiger partial charge in [0.05, 0.1) is 22.3 Å². The third-order valence-electron chi connectivity index (χ3n) is 10.3. The van der Waals surface area contributed by atoms with Crippen LogP contribution in [0.4, 0.5) is 0 Å². The summed E-state index contributed by atoms with van der Waals surface area (Å²) in [6, 6.07) is 59.2. The van der Waals surface area contributed by atoms with Gasteiger partial charge in [-0.15, -0.1) is 0 Å². The van der Waals surface area contributed by atoms with E-state index in [1.807, 2.05) is 60.7 Å². The Bertz CT molecular complexity index is 3190. The zero-order valence-electron chi connectivity index (χ0n) is 27.9. The van der Waals surface area contributed by atoms with Crippen LogP contribution in [-0.2, 0) is 0 Å². The molecule has 5 nitrogen and oxygen atoms in total. The highest BCUT2D eigenvalue weighted by Crippen LogP contribution is 2.40. The number of aromatic nitrogens is 4. The first-order chi connectivity index (χ1) is 25.8. The maximum Gasteiger partial charge on any atom is 0.167 e. The molecule has 3 heterocycles. The van der Waals surface area contributed by atoms with Gasteiger partial charge in [-0.2, -0.15) is 0 Å².